The lowest BCUT2D eigenvalue weighted by Crippen LogP contribution is -2.28. The molecule has 108 valence electrons. The average molecular weight is 297 g/mol. The summed E-state index contributed by atoms with van der Waals surface area (Å²) in [4.78, 5) is 8.41. The lowest BCUT2D eigenvalue weighted by molar-refractivity contribution is 0.310. The van der Waals surface area contributed by atoms with Crippen molar-refractivity contribution in [3.05, 3.63) is 51.5 Å². The van der Waals surface area contributed by atoms with Gasteiger partial charge in [0.1, 0.15) is 0 Å². The molecule has 4 heteroatoms. The Morgan fingerprint density at radius 1 is 1.19 bits per heavy atom. The highest BCUT2D eigenvalue weighted by molar-refractivity contribution is 7.15. The first-order valence-corrected chi connectivity index (χ1v) is 8.33. The lowest BCUT2D eigenvalue weighted by Gasteiger charge is -2.20. The third-order valence-corrected chi connectivity index (χ3v) is 5.36. The number of fused-ring (bicyclic) bond motifs is 2. The van der Waals surface area contributed by atoms with E-state index in [0.717, 1.165) is 44.0 Å². The quantitative estimate of drug-likeness (QED) is 0.927. The number of nitrogen functional groups attached to an aromatic ring is 1. The number of thiazole rings is 1. The Balaban J connectivity index is 1.42. The summed E-state index contributed by atoms with van der Waals surface area (Å²) in [6.07, 6.45) is 5.60. The van der Waals surface area contributed by atoms with Crippen LogP contribution in [0.3, 0.4) is 0 Å². The number of benzene rings is 1. The first-order valence-electron chi connectivity index (χ1n) is 7.52. The predicted octanol–water partition coefficient (Wildman–Crippen LogP) is 2.77. The van der Waals surface area contributed by atoms with E-state index < -0.39 is 0 Å². The van der Waals surface area contributed by atoms with Crippen molar-refractivity contribution < 1.29 is 0 Å². The van der Waals surface area contributed by atoms with Crippen LogP contribution in [0.15, 0.2) is 29.8 Å². The molecule has 0 unspecified atom stereocenters. The number of hydrogen-bond donors (Lipinski definition) is 1. The van der Waals surface area contributed by atoms with Gasteiger partial charge in [0, 0.05) is 30.9 Å². The largest absolute Gasteiger partial charge is 0.375 e. The first-order chi connectivity index (χ1) is 10.3. The minimum atomic E-state index is 0.724. The SMILES string of the molecule is Nc1nc2c(s1)CCN(CC1=Cc3ccccc3C1)CC2. The molecule has 1 aliphatic heterocycles. The molecule has 0 fully saturated rings. The first kappa shape index (κ1) is 13.0. The van der Waals surface area contributed by atoms with Crippen LogP contribution >= 0.6 is 11.3 Å². The fraction of sp³-hybridized carbons (Fsp3) is 0.353. The van der Waals surface area contributed by atoms with Gasteiger partial charge in [0.25, 0.3) is 0 Å². The molecular formula is C17H19N3S. The molecule has 0 amide bonds. The van der Waals surface area contributed by atoms with E-state index in [1.54, 1.807) is 11.3 Å². The summed E-state index contributed by atoms with van der Waals surface area (Å²) in [6, 6.07) is 8.72. The summed E-state index contributed by atoms with van der Waals surface area (Å²) in [5.41, 5.74) is 11.4. The van der Waals surface area contributed by atoms with Crippen molar-refractivity contribution in [2.45, 2.75) is 19.3 Å². The number of aromatic nitrogens is 1. The van der Waals surface area contributed by atoms with Crippen LogP contribution in [0.1, 0.15) is 21.7 Å². The monoisotopic (exact) mass is 297 g/mol. The second-order valence-electron chi connectivity index (χ2n) is 5.88. The molecule has 0 atom stereocenters. The van der Waals surface area contributed by atoms with Gasteiger partial charge in [-0.15, -0.1) is 11.3 Å². The number of hydrogen-bond acceptors (Lipinski definition) is 4. The average Bonchev–Trinajstić information content (AvgIpc) is 2.99. The summed E-state index contributed by atoms with van der Waals surface area (Å²) >= 11 is 1.66. The fourth-order valence-corrected chi connectivity index (χ4v) is 4.20. The number of anilines is 1. The van der Waals surface area contributed by atoms with Crippen LogP contribution in [-0.4, -0.2) is 29.5 Å². The number of rotatable bonds is 2. The van der Waals surface area contributed by atoms with Crippen LogP contribution < -0.4 is 5.73 Å². The van der Waals surface area contributed by atoms with E-state index in [1.165, 1.54) is 27.3 Å². The molecule has 0 spiro atoms. The third-order valence-electron chi connectivity index (χ3n) is 4.37. The molecule has 0 saturated heterocycles. The minimum absolute atomic E-state index is 0.724. The fourth-order valence-electron chi connectivity index (χ4n) is 3.33. The maximum atomic E-state index is 5.81. The van der Waals surface area contributed by atoms with E-state index >= 15 is 0 Å². The summed E-state index contributed by atoms with van der Waals surface area (Å²) in [5.74, 6) is 0. The van der Waals surface area contributed by atoms with Gasteiger partial charge in [0.05, 0.1) is 5.69 Å². The summed E-state index contributed by atoms with van der Waals surface area (Å²) in [7, 11) is 0. The summed E-state index contributed by atoms with van der Waals surface area (Å²) in [6.45, 7) is 3.28. The smallest absolute Gasteiger partial charge is 0.180 e. The van der Waals surface area contributed by atoms with Crippen LogP contribution in [0, 0.1) is 0 Å². The molecular weight excluding hydrogens is 278 g/mol. The van der Waals surface area contributed by atoms with Gasteiger partial charge < -0.3 is 5.73 Å². The molecule has 21 heavy (non-hydrogen) atoms. The van der Waals surface area contributed by atoms with Gasteiger partial charge in [-0.2, -0.15) is 0 Å². The van der Waals surface area contributed by atoms with Crippen molar-refractivity contribution in [2.75, 3.05) is 25.4 Å². The topological polar surface area (TPSA) is 42.1 Å². The highest BCUT2D eigenvalue weighted by Gasteiger charge is 2.20. The Morgan fingerprint density at radius 3 is 2.95 bits per heavy atom. The van der Waals surface area contributed by atoms with E-state index in [2.05, 4.69) is 40.2 Å². The van der Waals surface area contributed by atoms with Gasteiger partial charge in [-0.3, -0.25) is 4.90 Å². The van der Waals surface area contributed by atoms with Gasteiger partial charge in [0.15, 0.2) is 5.13 Å². The van der Waals surface area contributed by atoms with Crippen LogP contribution in [0.5, 0.6) is 0 Å². The molecule has 2 N–H and O–H groups in total. The van der Waals surface area contributed by atoms with Gasteiger partial charge in [-0.1, -0.05) is 35.9 Å². The molecule has 0 bridgehead atoms. The Hall–Kier alpha value is -1.65. The Bertz CT molecular complexity index is 676. The maximum Gasteiger partial charge on any atom is 0.180 e. The normalized spacial score (nSPS) is 18.0. The van der Waals surface area contributed by atoms with Crippen molar-refractivity contribution in [1.82, 2.24) is 9.88 Å². The van der Waals surface area contributed by atoms with Crippen LogP contribution in [0.4, 0.5) is 5.13 Å². The zero-order chi connectivity index (χ0) is 14.2. The lowest BCUT2D eigenvalue weighted by atomic mass is 10.1. The zero-order valence-corrected chi connectivity index (χ0v) is 12.8. The zero-order valence-electron chi connectivity index (χ0n) is 12.0. The van der Waals surface area contributed by atoms with Crippen molar-refractivity contribution in [3.63, 3.8) is 0 Å². The van der Waals surface area contributed by atoms with Crippen molar-refractivity contribution >= 4 is 22.5 Å². The molecule has 1 aromatic carbocycles. The van der Waals surface area contributed by atoms with E-state index in [0.29, 0.717) is 0 Å². The van der Waals surface area contributed by atoms with E-state index in [4.69, 9.17) is 5.73 Å². The molecule has 2 aromatic rings. The molecule has 0 saturated carbocycles. The molecule has 2 aliphatic rings. The van der Waals surface area contributed by atoms with Gasteiger partial charge in [-0.05, 0) is 24.0 Å². The molecule has 1 aromatic heterocycles. The van der Waals surface area contributed by atoms with E-state index in [9.17, 15) is 0 Å². The third kappa shape index (κ3) is 2.61. The van der Waals surface area contributed by atoms with E-state index in [1.807, 2.05) is 0 Å². The van der Waals surface area contributed by atoms with Crippen molar-refractivity contribution in [3.8, 4) is 0 Å². The molecule has 0 radical (unpaired) electrons. The van der Waals surface area contributed by atoms with E-state index in [-0.39, 0.29) is 0 Å². The molecule has 4 rings (SSSR count). The molecule has 3 nitrogen and oxygen atoms in total. The molecule has 2 heterocycles. The minimum Gasteiger partial charge on any atom is -0.375 e. The van der Waals surface area contributed by atoms with Crippen LogP contribution in [0.25, 0.3) is 6.08 Å². The Labute approximate surface area is 129 Å². The highest BCUT2D eigenvalue weighted by atomic mass is 32.1. The van der Waals surface area contributed by atoms with Gasteiger partial charge in [-0.25, -0.2) is 4.98 Å². The number of nitrogens with two attached hydrogens (primary N) is 1. The van der Waals surface area contributed by atoms with Gasteiger partial charge >= 0.3 is 0 Å². The van der Waals surface area contributed by atoms with Crippen molar-refractivity contribution in [1.29, 1.82) is 0 Å². The molecule has 1 aliphatic carbocycles. The van der Waals surface area contributed by atoms with Crippen LogP contribution in [0.2, 0.25) is 0 Å². The predicted molar refractivity (Wildman–Crippen MR) is 88.5 cm³/mol. The summed E-state index contributed by atoms with van der Waals surface area (Å²) in [5, 5.41) is 0.724. The second-order valence-corrected chi connectivity index (χ2v) is 6.99. The van der Waals surface area contributed by atoms with Crippen molar-refractivity contribution in [2.24, 2.45) is 0 Å². The Kier molecular flexibility index (Phi) is 3.28. The maximum absolute atomic E-state index is 5.81. The second kappa shape index (κ2) is 5.28. The Morgan fingerprint density at radius 2 is 2.05 bits per heavy atom. The number of nitrogens with zero attached hydrogens (tertiary/aromatic N) is 2. The van der Waals surface area contributed by atoms with Crippen LogP contribution in [-0.2, 0) is 19.3 Å². The van der Waals surface area contributed by atoms with Gasteiger partial charge in [0.2, 0.25) is 0 Å². The summed E-state index contributed by atoms with van der Waals surface area (Å²) < 4.78 is 0. The standard InChI is InChI=1S/C17H19N3S/c18-17-19-15-5-7-20(8-6-16(15)21-17)11-12-9-13-3-1-2-4-14(13)10-12/h1-4,9H,5-8,10-11H2,(H2,18,19). The highest BCUT2D eigenvalue weighted by Crippen LogP contribution is 2.27.